The first kappa shape index (κ1) is 12.8. The quantitative estimate of drug-likeness (QED) is 0.746. The number of carbonyl (C=O) groups is 1. The lowest BCUT2D eigenvalue weighted by Crippen LogP contribution is -2.04. The summed E-state index contributed by atoms with van der Waals surface area (Å²) < 4.78 is 0. The molecule has 0 spiro atoms. The summed E-state index contributed by atoms with van der Waals surface area (Å²) in [5.74, 6) is 0.132. The van der Waals surface area contributed by atoms with Crippen LogP contribution in [0, 0.1) is 0 Å². The Morgan fingerprint density at radius 1 is 1.11 bits per heavy atom. The number of ketones is 1. The summed E-state index contributed by atoms with van der Waals surface area (Å²) in [7, 11) is 0. The molecule has 0 unspecified atom stereocenters. The van der Waals surface area contributed by atoms with Crippen LogP contribution in [0.4, 0.5) is 0 Å². The van der Waals surface area contributed by atoms with E-state index in [4.69, 9.17) is 11.6 Å². The van der Waals surface area contributed by atoms with Gasteiger partial charge in [-0.15, -0.1) is 0 Å². The highest BCUT2D eigenvalue weighted by Gasteiger charge is 2.09. The topological polar surface area (TPSA) is 17.1 Å². The Balaban J connectivity index is 2.19. The third-order valence-electron chi connectivity index (χ3n) is 2.96. The molecular formula is C16H15ClO. The molecule has 0 saturated heterocycles. The second kappa shape index (κ2) is 5.83. The van der Waals surface area contributed by atoms with Crippen molar-refractivity contribution in [1.82, 2.24) is 0 Å². The lowest BCUT2D eigenvalue weighted by Gasteiger charge is -2.05. The molecular weight excluding hydrogens is 244 g/mol. The maximum absolute atomic E-state index is 12.2. The SMILES string of the molecule is CCc1cc(C(=O)Cc2ccccc2)ccc1Cl. The predicted molar refractivity (Wildman–Crippen MR) is 75.3 cm³/mol. The molecule has 0 aliphatic heterocycles. The molecule has 1 nitrogen and oxygen atoms in total. The van der Waals surface area contributed by atoms with E-state index >= 15 is 0 Å². The van der Waals surface area contributed by atoms with Crippen LogP contribution in [-0.4, -0.2) is 5.78 Å². The van der Waals surface area contributed by atoms with E-state index in [1.54, 1.807) is 12.1 Å². The highest BCUT2D eigenvalue weighted by atomic mass is 35.5. The molecule has 92 valence electrons. The standard InChI is InChI=1S/C16H15ClO/c1-2-13-11-14(8-9-15(13)17)16(18)10-12-6-4-3-5-7-12/h3-9,11H,2,10H2,1H3. The molecule has 0 bridgehead atoms. The van der Waals surface area contributed by atoms with Gasteiger partial charge in [0.15, 0.2) is 5.78 Å². The van der Waals surface area contributed by atoms with E-state index in [2.05, 4.69) is 0 Å². The predicted octanol–water partition coefficient (Wildman–Crippen LogP) is 4.33. The number of Topliss-reactive ketones (excluding diaryl/α,β-unsaturated/α-hetero) is 1. The van der Waals surface area contributed by atoms with E-state index in [0.29, 0.717) is 6.42 Å². The maximum Gasteiger partial charge on any atom is 0.167 e. The molecule has 0 amide bonds. The van der Waals surface area contributed by atoms with Crippen molar-refractivity contribution in [3.05, 3.63) is 70.2 Å². The lowest BCUT2D eigenvalue weighted by atomic mass is 10.0. The second-order valence-corrected chi connectivity index (χ2v) is 4.65. The van der Waals surface area contributed by atoms with Gasteiger partial charge in [-0.05, 0) is 35.7 Å². The fraction of sp³-hybridized carbons (Fsp3) is 0.188. The van der Waals surface area contributed by atoms with Crippen LogP contribution in [0.5, 0.6) is 0 Å². The van der Waals surface area contributed by atoms with Gasteiger partial charge >= 0.3 is 0 Å². The van der Waals surface area contributed by atoms with Crippen LogP contribution in [0.2, 0.25) is 5.02 Å². The summed E-state index contributed by atoms with van der Waals surface area (Å²) in [6.07, 6.45) is 1.27. The molecule has 18 heavy (non-hydrogen) atoms. The van der Waals surface area contributed by atoms with E-state index in [0.717, 1.165) is 28.1 Å². The third-order valence-corrected chi connectivity index (χ3v) is 3.32. The minimum Gasteiger partial charge on any atom is -0.294 e. The molecule has 2 aromatic carbocycles. The number of rotatable bonds is 4. The maximum atomic E-state index is 12.2. The van der Waals surface area contributed by atoms with Gasteiger partial charge < -0.3 is 0 Å². The Kier molecular flexibility index (Phi) is 4.16. The fourth-order valence-corrected chi connectivity index (χ4v) is 2.15. The largest absolute Gasteiger partial charge is 0.294 e. The van der Waals surface area contributed by atoms with Crippen molar-refractivity contribution < 1.29 is 4.79 Å². The molecule has 0 atom stereocenters. The highest BCUT2D eigenvalue weighted by molar-refractivity contribution is 6.31. The molecule has 0 aromatic heterocycles. The molecule has 2 rings (SSSR count). The third kappa shape index (κ3) is 2.99. The molecule has 0 aliphatic carbocycles. The molecule has 2 aromatic rings. The first-order valence-corrected chi connectivity index (χ1v) is 6.44. The van der Waals surface area contributed by atoms with Crippen LogP contribution in [0.25, 0.3) is 0 Å². The van der Waals surface area contributed by atoms with E-state index in [1.165, 1.54) is 0 Å². The molecule has 0 heterocycles. The van der Waals surface area contributed by atoms with E-state index in [-0.39, 0.29) is 5.78 Å². The van der Waals surface area contributed by atoms with Gasteiger partial charge in [-0.2, -0.15) is 0 Å². The smallest absolute Gasteiger partial charge is 0.167 e. The number of hydrogen-bond donors (Lipinski definition) is 0. The number of benzene rings is 2. The average Bonchev–Trinajstić information content (AvgIpc) is 2.40. The summed E-state index contributed by atoms with van der Waals surface area (Å²) in [5.41, 5.74) is 2.80. The van der Waals surface area contributed by atoms with Gasteiger partial charge in [-0.1, -0.05) is 48.9 Å². The molecule has 0 radical (unpaired) electrons. The van der Waals surface area contributed by atoms with Crippen LogP contribution >= 0.6 is 11.6 Å². The fourth-order valence-electron chi connectivity index (χ4n) is 1.90. The summed E-state index contributed by atoms with van der Waals surface area (Å²) in [5, 5.41) is 0.730. The Hall–Kier alpha value is -1.60. The Morgan fingerprint density at radius 3 is 2.50 bits per heavy atom. The van der Waals surface area contributed by atoms with Crippen LogP contribution in [0.1, 0.15) is 28.4 Å². The second-order valence-electron chi connectivity index (χ2n) is 4.25. The Labute approximate surface area is 112 Å². The Morgan fingerprint density at radius 2 is 1.83 bits per heavy atom. The van der Waals surface area contributed by atoms with Crippen molar-refractivity contribution in [3.8, 4) is 0 Å². The van der Waals surface area contributed by atoms with Gasteiger partial charge in [0.1, 0.15) is 0 Å². The van der Waals surface area contributed by atoms with Crippen LogP contribution in [0.15, 0.2) is 48.5 Å². The number of hydrogen-bond acceptors (Lipinski definition) is 1. The van der Waals surface area contributed by atoms with Crippen molar-refractivity contribution in [1.29, 1.82) is 0 Å². The molecule has 0 fully saturated rings. The van der Waals surface area contributed by atoms with Crippen LogP contribution in [0.3, 0.4) is 0 Å². The average molecular weight is 259 g/mol. The van der Waals surface area contributed by atoms with Crippen molar-refractivity contribution in [2.75, 3.05) is 0 Å². The monoisotopic (exact) mass is 258 g/mol. The van der Waals surface area contributed by atoms with Crippen molar-refractivity contribution in [2.24, 2.45) is 0 Å². The van der Waals surface area contributed by atoms with Crippen molar-refractivity contribution in [2.45, 2.75) is 19.8 Å². The summed E-state index contributed by atoms with van der Waals surface area (Å²) in [6.45, 7) is 2.03. The number of carbonyl (C=O) groups excluding carboxylic acids is 1. The van der Waals surface area contributed by atoms with Crippen LogP contribution < -0.4 is 0 Å². The van der Waals surface area contributed by atoms with Crippen molar-refractivity contribution in [3.63, 3.8) is 0 Å². The summed E-state index contributed by atoms with van der Waals surface area (Å²) in [6, 6.07) is 15.3. The molecule has 0 saturated carbocycles. The minimum absolute atomic E-state index is 0.132. The summed E-state index contributed by atoms with van der Waals surface area (Å²) in [4.78, 5) is 12.2. The summed E-state index contributed by atoms with van der Waals surface area (Å²) >= 11 is 6.05. The normalized spacial score (nSPS) is 10.3. The van der Waals surface area contributed by atoms with Crippen molar-refractivity contribution >= 4 is 17.4 Å². The van der Waals surface area contributed by atoms with Gasteiger partial charge in [0.05, 0.1) is 0 Å². The van der Waals surface area contributed by atoms with Gasteiger partial charge in [-0.25, -0.2) is 0 Å². The highest BCUT2D eigenvalue weighted by Crippen LogP contribution is 2.19. The van der Waals surface area contributed by atoms with Gasteiger partial charge in [0.25, 0.3) is 0 Å². The zero-order valence-electron chi connectivity index (χ0n) is 10.3. The van der Waals surface area contributed by atoms with Gasteiger partial charge in [0.2, 0.25) is 0 Å². The first-order valence-electron chi connectivity index (χ1n) is 6.06. The number of aryl methyl sites for hydroxylation is 1. The van der Waals surface area contributed by atoms with Gasteiger partial charge in [-0.3, -0.25) is 4.79 Å². The zero-order valence-corrected chi connectivity index (χ0v) is 11.1. The zero-order chi connectivity index (χ0) is 13.0. The van der Waals surface area contributed by atoms with Gasteiger partial charge in [0, 0.05) is 17.0 Å². The molecule has 0 aliphatic rings. The Bertz CT molecular complexity index is 546. The first-order chi connectivity index (χ1) is 8.70. The van der Waals surface area contributed by atoms with E-state index in [1.807, 2.05) is 43.3 Å². The minimum atomic E-state index is 0.132. The lowest BCUT2D eigenvalue weighted by molar-refractivity contribution is 0.0993. The molecule has 2 heteroatoms. The number of halogens is 1. The van der Waals surface area contributed by atoms with Crippen LogP contribution in [-0.2, 0) is 12.8 Å². The molecule has 0 N–H and O–H groups in total. The van der Waals surface area contributed by atoms with E-state index in [9.17, 15) is 4.79 Å². The van der Waals surface area contributed by atoms with E-state index < -0.39 is 0 Å².